The van der Waals surface area contributed by atoms with Crippen LogP contribution in [-0.2, 0) is 50.0 Å². The number of hydrogen-bond donors (Lipinski definition) is 7. The maximum atomic E-state index is 12.5. The van der Waals surface area contributed by atoms with E-state index in [0.29, 0.717) is 12.0 Å². The molecular weight excluding hydrogens is 882 g/mol. The number of carbonyl (C=O) groups excluding carboxylic acids is 1. The van der Waals surface area contributed by atoms with Crippen molar-refractivity contribution in [1.82, 2.24) is 15.0 Å². The van der Waals surface area contributed by atoms with Gasteiger partial charge in [-0.15, -0.1) is 5.11 Å². The van der Waals surface area contributed by atoms with E-state index in [-0.39, 0.29) is 66.2 Å². The SMILES string of the molecule is NC(=O)Nc1cc(N=Nc2cc3c(S(=O)(=O)O)cc(SOO)cc3cc2S(=O)[O-])ccc1Nc1nc(Cl)nc(Nc2ccc(S(=O)(=O)CCOS(=O)(=O)O)cc2)n1. The highest BCUT2D eigenvalue weighted by atomic mass is 35.5. The lowest BCUT2D eigenvalue weighted by molar-refractivity contribution is -0.116. The molecule has 0 spiro atoms. The zero-order valence-electron chi connectivity index (χ0n) is 27.8. The van der Waals surface area contributed by atoms with E-state index in [2.05, 4.69) is 49.6 Å². The van der Waals surface area contributed by atoms with Crippen LogP contribution in [0.5, 0.6) is 0 Å². The summed E-state index contributed by atoms with van der Waals surface area (Å²) in [7, 11) is -13.7. The molecule has 29 heteroatoms. The Kier molecular flexibility index (Phi) is 13.4. The van der Waals surface area contributed by atoms with Crippen molar-refractivity contribution in [2.45, 2.75) is 19.6 Å². The third-order valence-corrected chi connectivity index (χ3v) is 11.4. The maximum absolute atomic E-state index is 12.5. The summed E-state index contributed by atoms with van der Waals surface area (Å²) < 4.78 is 121. The summed E-state index contributed by atoms with van der Waals surface area (Å²) in [5, 5.41) is 24.3. The van der Waals surface area contributed by atoms with E-state index in [9.17, 15) is 43.4 Å². The predicted octanol–water partition coefficient (Wildman–Crippen LogP) is 4.65. The minimum absolute atomic E-state index is 0.0121. The molecule has 4 aromatic carbocycles. The van der Waals surface area contributed by atoms with Crippen LogP contribution >= 0.6 is 23.6 Å². The highest BCUT2D eigenvalue weighted by Crippen LogP contribution is 2.37. The fourth-order valence-electron chi connectivity index (χ4n) is 4.71. The number of halogens is 1. The Hall–Kier alpha value is -4.98. The lowest BCUT2D eigenvalue weighted by Gasteiger charge is -2.14. The van der Waals surface area contributed by atoms with E-state index in [1.54, 1.807) is 0 Å². The number of benzene rings is 4. The Balaban J connectivity index is 1.40. The van der Waals surface area contributed by atoms with Crippen molar-refractivity contribution in [3.05, 3.63) is 72.0 Å². The molecule has 302 valence electrons. The van der Waals surface area contributed by atoms with Gasteiger partial charge < -0.3 is 26.2 Å². The minimum atomic E-state index is -4.88. The van der Waals surface area contributed by atoms with Gasteiger partial charge in [-0.3, -0.25) is 13.3 Å². The molecule has 1 aromatic heterocycles. The Bertz CT molecular complexity index is 2760. The molecule has 57 heavy (non-hydrogen) atoms. The zero-order valence-corrected chi connectivity index (χ0v) is 32.7. The molecule has 23 nitrogen and oxygen atoms in total. The number of nitrogens with two attached hydrogens (primary N) is 1. The van der Waals surface area contributed by atoms with Gasteiger partial charge in [-0.2, -0.15) is 41.2 Å². The standard InChI is InChI=1S/C28H24ClN9O14S5/c29-25-34-27(31-15-1-4-18(5-2-15)55(43,44)8-7-51-57(48,49)50)36-28(35-25)33-20-6-3-16(11-21(20)32-26(30)39)37-38-22-13-19-14(10-23(22)54(41)42)9-17(53-52-40)12-24(19)56(45,46)47/h1-6,9-13,40H,7-8H2,(H,41,42)(H3,30,32,39)(H,45,46,47)(H,48,49,50)(H2,31,33,34,35,36)/p-1. The molecule has 0 bridgehead atoms. The molecule has 0 aliphatic carbocycles. The Morgan fingerprint density at radius 1 is 0.912 bits per heavy atom. The average Bonchev–Trinajstić information content (AvgIpc) is 3.10. The summed E-state index contributed by atoms with van der Waals surface area (Å²) in [6.45, 7) is -0.810. The molecule has 0 aliphatic heterocycles. The molecule has 1 unspecified atom stereocenters. The second-order valence-electron chi connectivity index (χ2n) is 10.8. The van der Waals surface area contributed by atoms with E-state index in [1.165, 1.54) is 48.5 Å². The first-order valence-electron chi connectivity index (χ1n) is 14.9. The van der Waals surface area contributed by atoms with Gasteiger partial charge in [0.05, 0.1) is 51.3 Å². The Labute approximate surface area is 333 Å². The lowest BCUT2D eigenvalue weighted by atomic mass is 10.1. The van der Waals surface area contributed by atoms with E-state index in [0.717, 1.165) is 18.2 Å². The van der Waals surface area contributed by atoms with E-state index >= 15 is 0 Å². The molecule has 0 aliphatic rings. The van der Waals surface area contributed by atoms with E-state index in [1.807, 2.05) is 0 Å². The highest BCUT2D eigenvalue weighted by molar-refractivity contribution is 7.94. The number of fused-ring (bicyclic) bond motifs is 1. The number of anilines is 5. The van der Waals surface area contributed by atoms with Crippen LogP contribution in [0.2, 0.25) is 5.28 Å². The molecule has 0 radical (unpaired) electrons. The van der Waals surface area contributed by atoms with Crippen LogP contribution in [0, 0.1) is 0 Å². The number of aromatic nitrogens is 3. The van der Waals surface area contributed by atoms with Crippen molar-refractivity contribution < 1.29 is 61.7 Å². The average molecular weight is 905 g/mol. The normalized spacial score (nSPS) is 12.8. The number of urea groups is 1. The van der Waals surface area contributed by atoms with Crippen molar-refractivity contribution in [1.29, 1.82) is 0 Å². The van der Waals surface area contributed by atoms with Crippen molar-refractivity contribution >= 4 is 122 Å². The van der Waals surface area contributed by atoms with Crippen LogP contribution in [0.15, 0.2) is 96.5 Å². The first-order chi connectivity index (χ1) is 26.7. The second-order valence-corrected chi connectivity index (χ2v) is 17.5. The van der Waals surface area contributed by atoms with Gasteiger partial charge in [0.2, 0.25) is 17.2 Å². The summed E-state index contributed by atoms with van der Waals surface area (Å²) in [4.78, 5) is 22.8. The minimum Gasteiger partial charge on any atom is -0.768 e. The largest absolute Gasteiger partial charge is 0.768 e. The molecule has 1 heterocycles. The van der Waals surface area contributed by atoms with Crippen LogP contribution in [0.4, 0.5) is 45.1 Å². The van der Waals surface area contributed by atoms with Crippen molar-refractivity contribution in [3.63, 3.8) is 0 Å². The number of rotatable bonds is 16. The number of nitrogens with zero attached hydrogens (tertiary/aromatic N) is 5. The molecule has 0 saturated carbocycles. The first kappa shape index (κ1) is 43.1. The van der Waals surface area contributed by atoms with Crippen LogP contribution in [0.3, 0.4) is 0 Å². The summed E-state index contributed by atoms with van der Waals surface area (Å²) in [5.74, 6) is -1.04. The summed E-state index contributed by atoms with van der Waals surface area (Å²) in [6.07, 6.45) is 0. The Morgan fingerprint density at radius 2 is 1.60 bits per heavy atom. The zero-order chi connectivity index (χ0) is 41.7. The fraction of sp³-hybridized carbons (Fsp3) is 0.0714. The molecule has 5 aromatic rings. The van der Waals surface area contributed by atoms with Gasteiger partial charge in [-0.25, -0.2) is 22.7 Å². The number of nitrogens with one attached hydrogen (secondary N) is 3. The molecule has 0 saturated heterocycles. The van der Waals surface area contributed by atoms with E-state index in [4.69, 9.17) is 27.1 Å². The van der Waals surface area contributed by atoms with Crippen LogP contribution in [-0.4, -0.2) is 81.7 Å². The van der Waals surface area contributed by atoms with Crippen molar-refractivity contribution in [3.8, 4) is 0 Å². The van der Waals surface area contributed by atoms with Gasteiger partial charge in [0.25, 0.3) is 10.1 Å². The van der Waals surface area contributed by atoms with Crippen molar-refractivity contribution in [2.24, 2.45) is 16.0 Å². The molecule has 1 atom stereocenters. The third kappa shape index (κ3) is 11.8. The van der Waals surface area contributed by atoms with Crippen LogP contribution in [0.25, 0.3) is 10.8 Å². The smallest absolute Gasteiger partial charge is 0.397 e. The number of amides is 2. The van der Waals surface area contributed by atoms with Gasteiger partial charge in [0.1, 0.15) is 10.6 Å². The molecule has 5 rings (SSSR count). The van der Waals surface area contributed by atoms with Gasteiger partial charge in [-0.05, 0) is 94.8 Å². The molecule has 8 N–H and O–H groups in total. The van der Waals surface area contributed by atoms with Crippen molar-refractivity contribution in [2.75, 3.05) is 28.3 Å². The monoisotopic (exact) mass is 904 g/mol. The summed E-state index contributed by atoms with van der Waals surface area (Å²) in [5.41, 5.74) is 5.42. The third-order valence-electron chi connectivity index (χ3n) is 7.00. The number of primary amides is 1. The number of hydrogen-bond acceptors (Lipinski definition) is 20. The number of carbonyl (C=O) groups is 1. The number of azo groups is 1. The Morgan fingerprint density at radius 3 is 2.21 bits per heavy atom. The van der Waals surface area contributed by atoms with Gasteiger partial charge >= 0.3 is 16.4 Å². The molecule has 0 fully saturated rings. The second kappa shape index (κ2) is 17.7. The fourth-order valence-corrected chi connectivity index (χ4v) is 8.08. The van der Waals surface area contributed by atoms with Crippen LogP contribution in [0.1, 0.15) is 0 Å². The van der Waals surface area contributed by atoms with E-state index < -0.39 is 69.6 Å². The predicted molar refractivity (Wildman–Crippen MR) is 202 cm³/mol. The quantitative estimate of drug-likeness (QED) is 0.0177. The van der Waals surface area contributed by atoms with Crippen LogP contribution < -0.4 is 21.7 Å². The van der Waals surface area contributed by atoms with Gasteiger partial charge in [0.15, 0.2) is 9.84 Å². The number of sulfone groups is 1. The maximum Gasteiger partial charge on any atom is 0.397 e. The molecular formula is C28H23ClN9O14S5-. The topological polar surface area (TPSA) is 364 Å². The highest BCUT2D eigenvalue weighted by Gasteiger charge is 2.20. The van der Waals surface area contributed by atoms with Gasteiger partial charge in [-0.1, -0.05) is 0 Å². The summed E-state index contributed by atoms with van der Waals surface area (Å²) in [6, 6.07) is 12.5. The molecule has 2 amide bonds. The lowest BCUT2D eigenvalue weighted by Crippen LogP contribution is -2.20. The first-order valence-corrected chi connectivity index (χ1v) is 21.5. The summed E-state index contributed by atoms with van der Waals surface area (Å²) >= 11 is 3.52. The van der Waals surface area contributed by atoms with Gasteiger partial charge in [0, 0.05) is 16.0 Å².